The molecule has 0 heterocycles. The summed E-state index contributed by atoms with van der Waals surface area (Å²) in [6.07, 6.45) is 10.7. The Labute approximate surface area is 211 Å². The fourth-order valence-corrected chi connectivity index (χ4v) is 3.10. The highest BCUT2D eigenvalue weighted by Gasteiger charge is 2.28. The van der Waals surface area contributed by atoms with Crippen molar-refractivity contribution < 1.29 is 17.9 Å². The van der Waals surface area contributed by atoms with Crippen LogP contribution in [0.25, 0.3) is 0 Å². The smallest absolute Gasteiger partial charge is 0.414 e. The summed E-state index contributed by atoms with van der Waals surface area (Å²) >= 11 is 5.05. The molecule has 0 radical (unpaired) electrons. The van der Waals surface area contributed by atoms with Crippen LogP contribution in [0.1, 0.15) is 47.0 Å². The van der Waals surface area contributed by atoms with E-state index in [4.69, 9.17) is 18.0 Å². The fraction of sp³-hybridized carbons (Fsp3) is 0.542. The average Bonchev–Trinajstić information content (AvgIpc) is 2.78. The van der Waals surface area contributed by atoms with E-state index >= 15 is 0 Å². The number of hydrogen-bond acceptors (Lipinski definition) is 5. The number of halogens is 3. The van der Waals surface area contributed by atoms with E-state index in [0.29, 0.717) is 11.4 Å². The van der Waals surface area contributed by atoms with Crippen LogP contribution in [-0.2, 0) is 4.74 Å². The molecule has 0 saturated carbocycles. The maximum atomic E-state index is 12.0. The maximum Gasteiger partial charge on any atom is 0.572 e. The van der Waals surface area contributed by atoms with Crippen LogP contribution in [0, 0.1) is 11.8 Å². The third-order valence-electron chi connectivity index (χ3n) is 5.26. The first-order valence-corrected chi connectivity index (χ1v) is 12.0. The van der Waals surface area contributed by atoms with E-state index in [2.05, 4.69) is 30.9 Å². The van der Waals surface area contributed by atoms with Gasteiger partial charge in [-0.25, -0.2) is 0 Å². The minimum absolute atomic E-state index is 0.0685. The predicted molar refractivity (Wildman–Crippen MR) is 141 cm³/mol. The molecular weight excluding hydrogens is 477 g/mol. The Balaban J connectivity index is 2.40. The predicted octanol–water partition coefficient (Wildman–Crippen LogP) is 4.66. The minimum Gasteiger partial charge on any atom is -0.414 e. The summed E-state index contributed by atoms with van der Waals surface area (Å²) < 4.78 is 39.7. The first-order valence-electron chi connectivity index (χ1n) is 11.6. The first kappa shape index (κ1) is 30.4. The minimum atomic E-state index is -4.65. The van der Waals surface area contributed by atoms with Gasteiger partial charge in [-0.3, -0.25) is 10.4 Å². The summed E-state index contributed by atoms with van der Waals surface area (Å²) in [6.45, 7) is 8.49. The van der Waals surface area contributed by atoms with Gasteiger partial charge in [-0.15, -0.1) is 13.2 Å². The van der Waals surface area contributed by atoms with Crippen LogP contribution in [-0.4, -0.2) is 42.8 Å². The molecule has 5 N–H and O–H groups in total. The molecule has 0 spiro atoms. The van der Waals surface area contributed by atoms with Crippen molar-refractivity contribution in [1.29, 1.82) is 0 Å². The van der Waals surface area contributed by atoms with Gasteiger partial charge < -0.3 is 21.1 Å². The molecule has 0 bridgehead atoms. The van der Waals surface area contributed by atoms with Gasteiger partial charge in [0.25, 0.3) is 0 Å². The highest BCUT2D eigenvalue weighted by Crippen LogP contribution is 2.20. The van der Waals surface area contributed by atoms with Gasteiger partial charge in [0.05, 0.1) is 18.8 Å². The third-order valence-corrected chi connectivity index (χ3v) is 5.50. The van der Waals surface area contributed by atoms with Crippen LogP contribution < -0.4 is 21.8 Å². The van der Waals surface area contributed by atoms with Crippen molar-refractivity contribution >= 4 is 29.9 Å². The zero-order valence-electron chi connectivity index (χ0n) is 20.7. The lowest BCUT2D eigenvalue weighted by atomic mass is 9.95. The second-order valence-electron chi connectivity index (χ2n) is 8.28. The summed E-state index contributed by atoms with van der Waals surface area (Å²) in [7, 11) is 0. The van der Waals surface area contributed by atoms with Gasteiger partial charge in [-0.2, -0.15) is 5.10 Å². The Morgan fingerprint density at radius 2 is 1.91 bits per heavy atom. The zero-order valence-corrected chi connectivity index (χ0v) is 21.5. The summed E-state index contributed by atoms with van der Waals surface area (Å²) in [5.41, 5.74) is 11.1. The number of hydrazone groups is 1. The van der Waals surface area contributed by atoms with Crippen LogP contribution in [0.2, 0.25) is 0 Å². The van der Waals surface area contributed by atoms with Crippen molar-refractivity contribution in [2.24, 2.45) is 27.7 Å². The quantitative estimate of drug-likeness (QED) is 0.0713. The number of nitrogens with two attached hydrogens (primary N) is 1. The summed E-state index contributed by atoms with van der Waals surface area (Å²) in [5, 5.41) is 10.8. The van der Waals surface area contributed by atoms with E-state index < -0.39 is 12.5 Å². The van der Waals surface area contributed by atoms with Crippen LogP contribution >= 0.6 is 12.2 Å². The van der Waals surface area contributed by atoms with Gasteiger partial charge in [0.1, 0.15) is 6.17 Å². The number of aliphatic imine (C=N–C) groups is 1. The van der Waals surface area contributed by atoms with E-state index in [1.54, 1.807) is 12.6 Å². The molecule has 1 rings (SSSR count). The number of nitrogens with one attached hydrogen (secondary N) is 3. The summed E-state index contributed by atoms with van der Waals surface area (Å²) in [4.78, 5) is 4.38. The topological polar surface area (TPSA) is 96.1 Å². The number of ether oxygens (including phenoxy) is 1. The van der Waals surface area contributed by atoms with Crippen molar-refractivity contribution in [3.63, 3.8) is 0 Å². The van der Waals surface area contributed by atoms with E-state index in [1.165, 1.54) is 6.08 Å². The van der Waals surface area contributed by atoms with Gasteiger partial charge in [0.15, 0.2) is 5.11 Å². The van der Waals surface area contributed by atoms with Gasteiger partial charge >= 0.3 is 6.36 Å². The molecule has 0 fully saturated rings. The average molecular weight is 515 g/mol. The summed E-state index contributed by atoms with van der Waals surface area (Å²) in [5.74, 6) is -0.0215. The van der Waals surface area contributed by atoms with Crippen molar-refractivity contribution in [2.45, 2.75) is 65.5 Å². The molecule has 35 heavy (non-hydrogen) atoms. The molecule has 11 heteroatoms. The number of hydrogen-bond donors (Lipinski definition) is 4. The van der Waals surface area contributed by atoms with Crippen LogP contribution in [0.4, 0.5) is 13.2 Å². The Bertz CT molecular complexity index is 836. The second kappa shape index (κ2) is 16.1. The Morgan fingerprint density at radius 1 is 1.20 bits per heavy atom. The normalized spacial score (nSPS) is 18.4. The molecule has 0 amide bonds. The third kappa shape index (κ3) is 14.4. The van der Waals surface area contributed by atoms with Crippen LogP contribution in [0.5, 0.6) is 0 Å². The Morgan fingerprint density at radius 3 is 2.54 bits per heavy atom. The van der Waals surface area contributed by atoms with Gasteiger partial charge in [-0.1, -0.05) is 38.2 Å². The lowest BCUT2D eigenvalue weighted by Gasteiger charge is -2.16. The molecule has 7 nitrogen and oxygen atoms in total. The van der Waals surface area contributed by atoms with E-state index in [9.17, 15) is 13.2 Å². The first-order chi connectivity index (χ1) is 16.5. The van der Waals surface area contributed by atoms with Gasteiger partial charge in [-0.05, 0) is 74.4 Å². The number of thiocarbonyl (C=S) groups is 1. The molecular formula is C24H37F3N6OS. The molecule has 4 atom stereocenters. The molecule has 196 valence electrons. The number of rotatable bonds is 13. The molecule has 0 aromatic carbocycles. The molecule has 1 aliphatic carbocycles. The largest absolute Gasteiger partial charge is 0.572 e. The summed E-state index contributed by atoms with van der Waals surface area (Å²) in [6, 6.07) is 0.123. The monoisotopic (exact) mass is 514 g/mol. The standard InChI is InChI=1S/C24H37F3N6OS/c1-5-29-23(35)33-32-15-20-9-11-21(12-10-20)22(28)31-16-30-19(4)8-6-7-17(2)18(3)13-14-34-24(25,26)27/h6-7,9,11,13-19,22H,5,8,10,12,28H2,1-4H3,(H,30,31)(H2,29,33,35)/b7-6+,14-13+,32-15+/t17-,18-,19?,22+/m1/s1. The number of allylic oxidation sites excluding steroid dienone is 5. The maximum absolute atomic E-state index is 12.0. The van der Waals surface area contributed by atoms with Crippen LogP contribution in [0.3, 0.4) is 0 Å². The highest BCUT2D eigenvalue weighted by atomic mass is 32.1. The lowest BCUT2D eigenvalue weighted by molar-refractivity contribution is -0.298. The van der Waals surface area contributed by atoms with Crippen molar-refractivity contribution in [3.05, 3.63) is 47.8 Å². The SMILES string of the molecule is CCNC(=S)N/N=C/C1=CC=C([C@@H](N)N=CNC(C)C/C=C/[C@@H](C)[C@H](C)/C=C/OC(F)(F)F)CC1. The van der Waals surface area contributed by atoms with Gasteiger partial charge in [0.2, 0.25) is 0 Å². The molecule has 0 aromatic heterocycles. The number of alkyl halides is 3. The van der Waals surface area contributed by atoms with E-state index in [0.717, 1.165) is 37.0 Å². The van der Waals surface area contributed by atoms with Crippen molar-refractivity contribution in [2.75, 3.05) is 6.54 Å². The highest BCUT2D eigenvalue weighted by molar-refractivity contribution is 7.80. The Kier molecular flexibility index (Phi) is 14.0. The molecule has 1 aliphatic rings. The molecule has 0 saturated heterocycles. The molecule has 0 aromatic rings. The van der Waals surface area contributed by atoms with Crippen LogP contribution in [0.15, 0.2) is 57.9 Å². The number of nitrogens with zero attached hydrogens (tertiary/aromatic N) is 2. The van der Waals surface area contributed by atoms with E-state index in [-0.39, 0.29) is 17.9 Å². The molecule has 1 unspecified atom stereocenters. The lowest BCUT2D eigenvalue weighted by Crippen LogP contribution is -2.31. The fourth-order valence-electron chi connectivity index (χ4n) is 2.90. The zero-order chi connectivity index (χ0) is 26.3. The second-order valence-corrected chi connectivity index (χ2v) is 8.69. The Hall–Kier alpha value is -2.66. The molecule has 0 aliphatic heterocycles. The van der Waals surface area contributed by atoms with Gasteiger partial charge in [0, 0.05) is 12.6 Å². The van der Waals surface area contributed by atoms with Crippen molar-refractivity contribution in [1.82, 2.24) is 16.1 Å². The van der Waals surface area contributed by atoms with E-state index in [1.807, 2.05) is 52.0 Å². The van der Waals surface area contributed by atoms with Crippen molar-refractivity contribution in [3.8, 4) is 0 Å².